The molecule has 0 radical (unpaired) electrons. The van der Waals surface area contributed by atoms with E-state index in [-0.39, 0.29) is 6.10 Å². The van der Waals surface area contributed by atoms with E-state index in [1.807, 2.05) is 13.8 Å². The van der Waals surface area contributed by atoms with Crippen LogP contribution < -0.4 is 0 Å². The number of rotatable bonds is 1. The molecular formula is C12H20O6. The van der Waals surface area contributed by atoms with E-state index in [0.29, 0.717) is 6.61 Å². The predicted molar refractivity (Wildman–Crippen MR) is 59.6 cm³/mol. The molecule has 0 spiro atoms. The molecule has 0 aromatic heterocycles. The van der Waals surface area contributed by atoms with Crippen LogP contribution in [-0.2, 0) is 23.7 Å². The predicted octanol–water partition coefficient (Wildman–Crippen LogP) is 0.375. The minimum Gasteiger partial charge on any atom is -0.387 e. The van der Waals surface area contributed by atoms with Crippen molar-refractivity contribution < 1.29 is 28.8 Å². The van der Waals surface area contributed by atoms with Gasteiger partial charge in [-0.2, -0.15) is 0 Å². The van der Waals surface area contributed by atoms with Crippen LogP contribution in [-0.4, -0.2) is 54.0 Å². The summed E-state index contributed by atoms with van der Waals surface area (Å²) in [6.45, 7) is 7.68. The van der Waals surface area contributed by atoms with Crippen LogP contribution in [0, 0.1) is 0 Å². The third kappa shape index (κ3) is 2.07. The Morgan fingerprint density at radius 2 is 1.67 bits per heavy atom. The fraction of sp³-hybridized carbons (Fsp3) is 1.00. The molecule has 3 saturated heterocycles. The highest BCUT2D eigenvalue weighted by atomic mass is 16.8. The van der Waals surface area contributed by atoms with Crippen LogP contribution in [0.25, 0.3) is 0 Å². The molecule has 1 N–H and O–H groups in total. The molecule has 6 heteroatoms. The SMILES string of the molecule is CC1(C)OC2C(O)[C@@H]([C@@H]3COC(C)(C)O3)O[C@@H]2O1. The van der Waals surface area contributed by atoms with E-state index in [1.54, 1.807) is 13.8 Å². The zero-order valence-corrected chi connectivity index (χ0v) is 11.1. The Labute approximate surface area is 106 Å². The third-order valence-electron chi connectivity index (χ3n) is 3.45. The van der Waals surface area contributed by atoms with Crippen molar-refractivity contribution in [1.82, 2.24) is 0 Å². The monoisotopic (exact) mass is 260 g/mol. The number of ether oxygens (including phenoxy) is 5. The van der Waals surface area contributed by atoms with E-state index in [4.69, 9.17) is 23.7 Å². The van der Waals surface area contributed by atoms with E-state index in [0.717, 1.165) is 0 Å². The van der Waals surface area contributed by atoms with Crippen LogP contribution in [0.15, 0.2) is 0 Å². The van der Waals surface area contributed by atoms with Crippen molar-refractivity contribution in [3.8, 4) is 0 Å². The van der Waals surface area contributed by atoms with Gasteiger partial charge in [-0.15, -0.1) is 0 Å². The fourth-order valence-corrected chi connectivity index (χ4v) is 2.70. The first-order valence-corrected chi connectivity index (χ1v) is 6.28. The van der Waals surface area contributed by atoms with E-state index >= 15 is 0 Å². The lowest BCUT2D eigenvalue weighted by Gasteiger charge is -2.26. The van der Waals surface area contributed by atoms with Gasteiger partial charge in [0.1, 0.15) is 24.4 Å². The molecule has 0 aliphatic carbocycles. The minimum atomic E-state index is -0.765. The van der Waals surface area contributed by atoms with Crippen LogP contribution in [0.3, 0.4) is 0 Å². The quantitative estimate of drug-likeness (QED) is 0.735. The molecule has 2 unspecified atom stereocenters. The molecular weight excluding hydrogens is 240 g/mol. The van der Waals surface area contributed by atoms with Crippen molar-refractivity contribution in [2.75, 3.05) is 6.61 Å². The van der Waals surface area contributed by atoms with Crippen molar-refractivity contribution in [1.29, 1.82) is 0 Å². The van der Waals surface area contributed by atoms with E-state index in [2.05, 4.69) is 0 Å². The largest absolute Gasteiger partial charge is 0.387 e. The zero-order chi connectivity index (χ0) is 13.1. The lowest BCUT2D eigenvalue weighted by molar-refractivity contribution is -0.232. The molecule has 3 heterocycles. The van der Waals surface area contributed by atoms with Crippen molar-refractivity contribution in [2.45, 2.75) is 70.0 Å². The smallest absolute Gasteiger partial charge is 0.190 e. The number of fused-ring (bicyclic) bond motifs is 1. The average Bonchev–Trinajstić information content (AvgIpc) is 2.81. The van der Waals surface area contributed by atoms with Gasteiger partial charge in [0.2, 0.25) is 0 Å². The van der Waals surface area contributed by atoms with Gasteiger partial charge < -0.3 is 28.8 Å². The number of hydrogen-bond acceptors (Lipinski definition) is 6. The molecule has 3 rings (SSSR count). The van der Waals surface area contributed by atoms with Gasteiger partial charge in [0, 0.05) is 0 Å². The molecule has 0 bridgehead atoms. The molecule has 5 atom stereocenters. The van der Waals surface area contributed by atoms with Crippen molar-refractivity contribution in [3.05, 3.63) is 0 Å². The summed E-state index contributed by atoms with van der Waals surface area (Å²) in [6.07, 6.45) is -2.53. The summed E-state index contributed by atoms with van der Waals surface area (Å²) in [5.41, 5.74) is 0. The molecule has 0 saturated carbocycles. The van der Waals surface area contributed by atoms with E-state index in [9.17, 15) is 5.11 Å². The second-order valence-electron chi connectivity index (χ2n) is 5.93. The lowest BCUT2D eigenvalue weighted by atomic mass is 10.1. The van der Waals surface area contributed by atoms with Crippen LogP contribution >= 0.6 is 0 Å². The number of aliphatic hydroxyl groups excluding tert-OH is 1. The Kier molecular flexibility index (Phi) is 2.75. The Morgan fingerprint density at radius 3 is 2.22 bits per heavy atom. The Balaban J connectivity index is 1.68. The maximum absolute atomic E-state index is 10.3. The van der Waals surface area contributed by atoms with Crippen molar-refractivity contribution in [2.24, 2.45) is 0 Å². The van der Waals surface area contributed by atoms with Gasteiger partial charge in [-0.05, 0) is 27.7 Å². The van der Waals surface area contributed by atoms with Gasteiger partial charge in [-0.3, -0.25) is 0 Å². The summed E-state index contributed by atoms with van der Waals surface area (Å²) in [4.78, 5) is 0. The molecule has 3 fully saturated rings. The van der Waals surface area contributed by atoms with Gasteiger partial charge in [0.25, 0.3) is 0 Å². The van der Waals surface area contributed by atoms with Crippen LogP contribution in [0.1, 0.15) is 27.7 Å². The average molecular weight is 260 g/mol. The standard InChI is InChI=1S/C12H20O6/c1-11(2)14-5-6(16-11)8-7(13)9-10(15-8)18-12(3,4)17-9/h6-10,13H,5H2,1-4H3/t6-,7?,8+,9?,10+/m0/s1. The second-order valence-corrected chi connectivity index (χ2v) is 5.93. The topological polar surface area (TPSA) is 66.4 Å². The maximum Gasteiger partial charge on any atom is 0.190 e. The summed E-state index contributed by atoms with van der Waals surface area (Å²) in [5, 5.41) is 10.3. The molecule has 0 aromatic carbocycles. The third-order valence-corrected chi connectivity index (χ3v) is 3.45. The molecule has 3 aliphatic rings. The van der Waals surface area contributed by atoms with Gasteiger partial charge >= 0.3 is 0 Å². The van der Waals surface area contributed by atoms with Crippen LogP contribution in [0.4, 0.5) is 0 Å². The molecule has 0 aromatic rings. The Morgan fingerprint density at radius 1 is 0.944 bits per heavy atom. The summed E-state index contributed by atoms with van der Waals surface area (Å²) in [7, 11) is 0. The fourth-order valence-electron chi connectivity index (χ4n) is 2.70. The lowest BCUT2D eigenvalue weighted by Crippen LogP contribution is -2.42. The first-order valence-electron chi connectivity index (χ1n) is 6.28. The van der Waals surface area contributed by atoms with Gasteiger partial charge in [-0.25, -0.2) is 0 Å². The normalized spacial score (nSPS) is 49.5. The first kappa shape index (κ1) is 12.8. The highest BCUT2D eigenvalue weighted by Gasteiger charge is 2.57. The summed E-state index contributed by atoms with van der Waals surface area (Å²) in [6, 6.07) is 0. The number of hydrogen-bond donors (Lipinski definition) is 1. The van der Waals surface area contributed by atoms with Gasteiger partial charge in [-0.1, -0.05) is 0 Å². The number of aliphatic hydroxyl groups is 1. The summed E-state index contributed by atoms with van der Waals surface area (Å²) >= 11 is 0. The Bertz CT molecular complexity index is 341. The zero-order valence-electron chi connectivity index (χ0n) is 11.1. The highest BCUT2D eigenvalue weighted by Crippen LogP contribution is 2.40. The molecule has 0 amide bonds. The van der Waals surface area contributed by atoms with E-state index in [1.165, 1.54) is 0 Å². The maximum atomic E-state index is 10.3. The minimum absolute atomic E-state index is 0.295. The molecule has 6 nitrogen and oxygen atoms in total. The van der Waals surface area contributed by atoms with Crippen molar-refractivity contribution in [3.63, 3.8) is 0 Å². The van der Waals surface area contributed by atoms with Crippen LogP contribution in [0.2, 0.25) is 0 Å². The highest BCUT2D eigenvalue weighted by molar-refractivity contribution is 4.97. The molecule has 18 heavy (non-hydrogen) atoms. The van der Waals surface area contributed by atoms with E-state index < -0.39 is 36.2 Å². The van der Waals surface area contributed by atoms with Crippen LogP contribution in [0.5, 0.6) is 0 Å². The summed E-state index contributed by atoms with van der Waals surface area (Å²) in [5.74, 6) is -1.35. The first-order chi connectivity index (χ1) is 8.27. The molecule has 3 aliphatic heterocycles. The Hall–Kier alpha value is -0.240. The summed E-state index contributed by atoms with van der Waals surface area (Å²) < 4.78 is 28.1. The van der Waals surface area contributed by atoms with Gasteiger partial charge in [0.05, 0.1) is 6.61 Å². The van der Waals surface area contributed by atoms with Crippen molar-refractivity contribution >= 4 is 0 Å². The molecule has 104 valence electrons. The van der Waals surface area contributed by atoms with Gasteiger partial charge in [0.15, 0.2) is 17.9 Å². The second kappa shape index (κ2) is 3.88.